The van der Waals surface area contributed by atoms with Crippen molar-refractivity contribution in [2.24, 2.45) is 0 Å². The average Bonchev–Trinajstić information content (AvgIpc) is 2.47. The lowest BCUT2D eigenvalue weighted by molar-refractivity contribution is -0.134. The number of fused-ring (bicyclic) bond motifs is 1. The maximum Gasteiger partial charge on any atom is 0.311 e. The van der Waals surface area contributed by atoms with E-state index in [0.717, 1.165) is 23.6 Å². The molecule has 20 heavy (non-hydrogen) atoms. The van der Waals surface area contributed by atoms with Crippen molar-refractivity contribution >= 4 is 16.7 Å². The number of benzene rings is 2. The van der Waals surface area contributed by atoms with Crippen molar-refractivity contribution in [3.8, 4) is 5.75 Å². The molecule has 2 rings (SSSR count). The molecular weight excluding hydrogens is 248 g/mol. The van der Waals surface area contributed by atoms with Gasteiger partial charge in [-0.15, -0.1) is 0 Å². The van der Waals surface area contributed by atoms with Crippen LogP contribution in [0.25, 0.3) is 10.8 Å². The van der Waals surface area contributed by atoms with Crippen LogP contribution in [0.5, 0.6) is 5.75 Å². The number of hydrogen-bond acceptors (Lipinski definition) is 2. The van der Waals surface area contributed by atoms with Crippen LogP contribution in [-0.4, -0.2) is 5.97 Å². The van der Waals surface area contributed by atoms with E-state index in [4.69, 9.17) is 4.74 Å². The molecule has 0 fully saturated rings. The SMILES string of the molecule is CCCCCCCC(=O)Oc1cccc2ccccc12. The van der Waals surface area contributed by atoms with Crippen LogP contribution in [0.1, 0.15) is 45.4 Å². The first-order valence-corrected chi connectivity index (χ1v) is 7.49. The minimum atomic E-state index is -0.127. The van der Waals surface area contributed by atoms with Crippen LogP contribution < -0.4 is 4.74 Å². The molecule has 2 aromatic rings. The van der Waals surface area contributed by atoms with Crippen LogP contribution in [0.4, 0.5) is 0 Å². The average molecular weight is 270 g/mol. The third kappa shape index (κ3) is 4.09. The molecule has 106 valence electrons. The highest BCUT2D eigenvalue weighted by Gasteiger charge is 2.07. The highest BCUT2D eigenvalue weighted by atomic mass is 16.5. The van der Waals surface area contributed by atoms with Gasteiger partial charge in [0.2, 0.25) is 0 Å². The molecule has 0 aliphatic carbocycles. The van der Waals surface area contributed by atoms with Crippen LogP contribution in [0.15, 0.2) is 42.5 Å². The molecule has 0 aromatic heterocycles. The second kappa shape index (κ2) is 7.68. The van der Waals surface area contributed by atoms with Gasteiger partial charge in [-0.25, -0.2) is 0 Å². The monoisotopic (exact) mass is 270 g/mol. The maximum absolute atomic E-state index is 11.9. The summed E-state index contributed by atoms with van der Waals surface area (Å²) in [6, 6.07) is 13.8. The highest BCUT2D eigenvalue weighted by molar-refractivity contribution is 5.90. The molecule has 0 bridgehead atoms. The standard InChI is InChI=1S/C18H22O2/c1-2-3-4-5-6-14-18(19)20-17-13-9-11-15-10-7-8-12-16(15)17/h7-13H,2-6,14H2,1H3. The molecule has 0 radical (unpaired) electrons. The Morgan fingerprint density at radius 2 is 1.70 bits per heavy atom. The van der Waals surface area contributed by atoms with Gasteiger partial charge in [-0.2, -0.15) is 0 Å². The van der Waals surface area contributed by atoms with Gasteiger partial charge in [0, 0.05) is 11.8 Å². The Hall–Kier alpha value is -1.83. The van der Waals surface area contributed by atoms with E-state index in [1.54, 1.807) is 0 Å². The molecule has 0 N–H and O–H groups in total. The zero-order valence-corrected chi connectivity index (χ0v) is 12.1. The van der Waals surface area contributed by atoms with Crippen molar-refractivity contribution in [3.05, 3.63) is 42.5 Å². The van der Waals surface area contributed by atoms with Gasteiger partial charge in [-0.05, 0) is 17.9 Å². The summed E-state index contributed by atoms with van der Waals surface area (Å²) in [4.78, 5) is 11.9. The Bertz CT molecular complexity index is 555. The first-order valence-electron chi connectivity index (χ1n) is 7.49. The molecule has 0 amide bonds. The van der Waals surface area contributed by atoms with Crippen molar-refractivity contribution in [2.45, 2.75) is 45.4 Å². The Labute approximate surface area is 120 Å². The Balaban J connectivity index is 1.90. The molecular formula is C18H22O2. The number of rotatable bonds is 7. The molecule has 0 atom stereocenters. The van der Waals surface area contributed by atoms with Crippen LogP contribution in [0.2, 0.25) is 0 Å². The second-order valence-corrected chi connectivity index (χ2v) is 5.12. The second-order valence-electron chi connectivity index (χ2n) is 5.12. The largest absolute Gasteiger partial charge is 0.426 e. The third-order valence-electron chi connectivity index (χ3n) is 3.46. The lowest BCUT2D eigenvalue weighted by Crippen LogP contribution is -2.07. The van der Waals surface area contributed by atoms with Gasteiger partial charge in [-0.3, -0.25) is 4.79 Å². The summed E-state index contributed by atoms with van der Waals surface area (Å²) in [5.41, 5.74) is 0. The van der Waals surface area contributed by atoms with Crippen LogP contribution in [0, 0.1) is 0 Å². The van der Waals surface area contributed by atoms with Gasteiger partial charge in [0.1, 0.15) is 5.75 Å². The molecule has 0 aliphatic heterocycles. The summed E-state index contributed by atoms with van der Waals surface area (Å²) < 4.78 is 5.50. The van der Waals surface area contributed by atoms with E-state index in [1.165, 1.54) is 19.3 Å². The summed E-state index contributed by atoms with van der Waals surface area (Å²) in [5, 5.41) is 2.09. The fourth-order valence-electron chi connectivity index (χ4n) is 2.33. The lowest BCUT2D eigenvalue weighted by atomic mass is 10.1. The molecule has 0 unspecified atom stereocenters. The summed E-state index contributed by atoms with van der Waals surface area (Å²) in [5.74, 6) is 0.541. The first-order chi connectivity index (χ1) is 9.81. The Morgan fingerprint density at radius 3 is 2.55 bits per heavy atom. The molecule has 0 heterocycles. The van der Waals surface area contributed by atoms with Crippen molar-refractivity contribution in [1.29, 1.82) is 0 Å². The van der Waals surface area contributed by atoms with E-state index < -0.39 is 0 Å². The van der Waals surface area contributed by atoms with Crippen molar-refractivity contribution in [1.82, 2.24) is 0 Å². The molecule has 0 saturated heterocycles. The third-order valence-corrected chi connectivity index (χ3v) is 3.46. The van der Waals surface area contributed by atoms with Gasteiger partial charge in [0.05, 0.1) is 0 Å². The first kappa shape index (κ1) is 14.6. The van der Waals surface area contributed by atoms with Gasteiger partial charge in [0.15, 0.2) is 0 Å². The minimum Gasteiger partial charge on any atom is -0.426 e. The molecule has 0 saturated carbocycles. The van der Waals surface area contributed by atoms with Gasteiger partial charge in [0.25, 0.3) is 0 Å². The van der Waals surface area contributed by atoms with Gasteiger partial charge in [-0.1, -0.05) is 69.0 Å². The minimum absolute atomic E-state index is 0.127. The highest BCUT2D eigenvalue weighted by Crippen LogP contribution is 2.25. The number of carbonyl (C=O) groups is 1. The summed E-state index contributed by atoms with van der Waals surface area (Å²) in [6.07, 6.45) is 6.21. The van der Waals surface area contributed by atoms with Crippen molar-refractivity contribution in [2.75, 3.05) is 0 Å². The molecule has 0 aliphatic rings. The lowest BCUT2D eigenvalue weighted by Gasteiger charge is -2.07. The van der Waals surface area contributed by atoms with E-state index >= 15 is 0 Å². The van der Waals surface area contributed by atoms with E-state index in [-0.39, 0.29) is 5.97 Å². The number of ether oxygens (including phenoxy) is 1. The fraction of sp³-hybridized carbons (Fsp3) is 0.389. The summed E-state index contributed by atoms with van der Waals surface area (Å²) in [7, 11) is 0. The van der Waals surface area contributed by atoms with E-state index in [9.17, 15) is 4.79 Å². The van der Waals surface area contributed by atoms with Crippen molar-refractivity contribution < 1.29 is 9.53 Å². The van der Waals surface area contributed by atoms with Gasteiger partial charge < -0.3 is 4.74 Å². The molecule has 2 nitrogen and oxygen atoms in total. The van der Waals surface area contributed by atoms with Gasteiger partial charge >= 0.3 is 5.97 Å². The number of unbranched alkanes of at least 4 members (excludes halogenated alkanes) is 4. The predicted molar refractivity (Wildman–Crippen MR) is 83.0 cm³/mol. The number of esters is 1. The smallest absolute Gasteiger partial charge is 0.311 e. The summed E-state index contributed by atoms with van der Waals surface area (Å²) >= 11 is 0. The van der Waals surface area contributed by atoms with E-state index in [1.807, 2.05) is 42.5 Å². The van der Waals surface area contributed by atoms with E-state index in [2.05, 4.69) is 6.92 Å². The topological polar surface area (TPSA) is 26.3 Å². The normalized spacial score (nSPS) is 10.7. The summed E-state index contributed by atoms with van der Waals surface area (Å²) in [6.45, 7) is 2.19. The Kier molecular flexibility index (Phi) is 5.60. The molecule has 0 spiro atoms. The Morgan fingerprint density at radius 1 is 0.950 bits per heavy atom. The fourth-order valence-corrected chi connectivity index (χ4v) is 2.33. The molecule has 2 aromatic carbocycles. The zero-order valence-electron chi connectivity index (χ0n) is 12.1. The van der Waals surface area contributed by atoms with Crippen LogP contribution >= 0.6 is 0 Å². The van der Waals surface area contributed by atoms with Crippen molar-refractivity contribution in [3.63, 3.8) is 0 Å². The zero-order chi connectivity index (χ0) is 14.2. The maximum atomic E-state index is 11.9. The predicted octanol–water partition coefficient (Wildman–Crippen LogP) is 5.11. The van der Waals surface area contributed by atoms with E-state index in [0.29, 0.717) is 12.2 Å². The van der Waals surface area contributed by atoms with Crippen LogP contribution in [0.3, 0.4) is 0 Å². The van der Waals surface area contributed by atoms with Crippen LogP contribution in [-0.2, 0) is 4.79 Å². The quantitative estimate of drug-likeness (QED) is 0.397. The number of hydrogen-bond donors (Lipinski definition) is 0. The number of carbonyl (C=O) groups excluding carboxylic acids is 1. The molecule has 2 heteroatoms.